The second kappa shape index (κ2) is 6.14. The number of carbonyl (C=O) groups excluding carboxylic acids is 1. The van der Waals surface area contributed by atoms with E-state index < -0.39 is 18.4 Å². The second-order valence-corrected chi connectivity index (χ2v) is 4.31. The van der Waals surface area contributed by atoms with Crippen molar-refractivity contribution >= 4 is 30.6 Å². The predicted molar refractivity (Wildman–Crippen MR) is 72.0 cm³/mol. The molecule has 102 valence electrons. The van der Waals surface area contributed by atoms with Crippen molar-refractivity contribution in [3.63, 3.8) is 0 Å². The summed E-state index contributed by atoms with van der Waals surface area (Å²) in [6.07, 6.45) is 1.29. The maximum absolute atomic E-state index is 11.7. The molecule has 0 aromatic heterocycles. The van der Waals surface area contributed by atoms with Gasteiger partial charge in [0, 0.05) is 18.7 Å². The van der Waals surface area contributed by atoms with Crippen LogP contribution in [0.15, 0.2) is 23.1 Å². The number of carboxylic acids is 1. The van der Waals surface area contributed by atoms with Gasteiger partial charge in [0.2, 0.25) is 0 Å². The van der Waals surface area contributed by atoms with Gasteiger partial charge in [0.1, 0.15) is 18.0 Å². The fourth-order valence-electron chi connectivity index (χ4n) is 1.33. The van der Waals surface area contributed by atoms with E-state index in [0.29, 0.717) is 5.56 Å². The summed E-state index contributed by atoms with van der Waals surface area (Å²) in [5, 5.41) is 27.2. The van der Waals surface area contributed by atoms with Crippen LogP contribution in [0, 0.1) is 0 Å². The van der Waals surface area contributed by atoms with E-state index in [9.17, 15) is 14.7 Å². The SMILES string of the molecule is CN(CC(=O)O)C(=O)/C(S)=C/c1ccc(O)cc1O. The van der Waals surface area contributed by atoms with Gasteiger partial charge in [0.05, 0.1) is 4.91 Å². The molecule has 0 bridgehead atoms. The minimum absolute atomic E-state index is 0.0234. The van der Waals surface area contributed by atoms with Crippen molar-refractivity contribution in [2.24, 2.45) is 0 Å². The van der Waals surface area contributed by atoms with E-state index in [0.717, 1.165) is 11.0 Å². The number of hydrogen-bond donors (Lipinski definition) is 4. The molecule has 1 amide bonds. The first-order chi connectivity index (χ1) is 8.81. The maximum atomic E-state index is 11.7. The number of nitrogens with zero attached hydrogens (tertiary/aromatic N) is 1. The summed E-state index contributed by atoms with van der Waals surface area (Å²) >= 11 is 3.97. The lowest BCUT2D eigenvalue weighted by atomic mass is 10.1. The van der Waals surface area contributed by atoms with E-state index in [1.807, 2.05) is 0 Å². The van der Waals surface area contributed by atoms with Crippen LogP contribution in [0.4, 0.5) is 0 Å². The standard InChI is InChI=1S/C12H13NO5S/c1-13(6-11(16)17)12(18)10(19)4-7-2-3-8(14)5-9(7)15/h2-5,14-15,19H,6H2,1H3,(H,16,17)/b10-4-. The van der Waals surface area contributed by atoms with Crippen molar-refractivity contribution in [1.29, 1.82) is 0 Å². The lowest BCUT2D eigenvalue weighted by molar-refractivity contribution is -0.141. The van der Waals surface area contributed by atoms with Crippen LogP contribution < -0.4 is 0 Å². The fraction of sp³-hybridized carbons (Fsp3) is 0.167. The Hall–Kier alpha value is -2.15. The molecule has 0 aliphatic rings. The molecule has 1 rings (SSSR count). The zero-order chi connectivity index (χ0) is 14.6. The molecule has 1 aromatic rings. The number of aromatic hydroxyl groups is 2. The summed E-state index contributed by atoms with van der Waals surface area (Å²) in [5.74, 6) is -2.03. The van der Waals surface area contributed by atoms with E-state index >= 15 is 0 Å². The molecule has 0 fully saturated rings. The second-order valence-electron chi connectivity index (χ2n) is 3.83. The smallest absolute Gasteiger partial charge is 0.323 e. The molecule has 0 atom stereocenters. The minimum atomic E-state index is -1.13. The number of amides is 1. The van der Waals surface area contributed by atoms with Crippen molar-refractivity contribution in [2.75, 3.05) is 13.6 Å². The first-order valence-corrected chi connectivity index (χ1v) is 5.66. The van der Waals surface area contributed by atoms with Crippen LogP contribution in [0.3, 0.4) is 0 Å². The molecule has 0 heterocycles. The molecule has 0 aliphatic heterocycles. The Bertz CT molecular complexity index is 541. The van der Waals surface area contributed by atoms with Crippen LogP contribution in [-0.4, -0.2) is 45.7 Å². The number of rotatable bonds is 4. The van der Waals surface area contributed by atoms with Gasteiger partial charge in [-0.1, -0.05) is 0 Å². The molecule has 0 spiro atoms. The van der Waals surface area contributed by atoms with Gasteiger partial charge in [-0.2, -0.15) is 0 Å². The van der Waals surface area contributed by atoms with Crippen molar-refractivity contribution in [3.05, 3.63) is 28.7 Å². The number of thiol groups is 1. The molecular weight excluding hydrogens is 270 g/mol. The highest BCUT2D eigenvalue weighted by atomic mass is 32.1. The van der Waals surface area contributed by atoms with Gasteiger partial charge in [-0.05, 0) is 18.2 Å². The van der Waals surface area contributed by atoms with E-state index in [1.54, 1.807) is 0 Å². The minimum Gasteiger partial charge on any atom is -0.508 e. The van der Waals surface area contributed by atoms with Gasteiger partial charge in [-0.15, -0.1) is 12.6 Å². The first-order valence-electron chi connectivity index (χ1n) is 5.21. The van der Waals surface area contributed by atoms with E-state index in [1.165, 1.54) is 25.3 Å². The number of carboxylic acid groups (broad SMARTS) is 1. The molecule has 7 heteroatoms. The van der Waals surface area contributed by atoms with Crippen molar-refractivity contribution in [3.8, 4) is 11.5 Å². The van der Waals surface area contributed by atoms with E-state index in [4.69, 9.17) is 10.2 Å². The van der Waals surface area contributed by atoms with Crippen LogP contribution in [0.2, 0.25) is 0 Å². The van der Waals surface area contributed by atoms with Gasteiger partial charge >= 0.3 is 5.97 Å². The van der Waals surface area contributed by atoms with Gasteiger partial charge in [0.25, 0.3) is 5.91 Å². The largest absolute Gasteiger partial charge is 0.508 e. The quantitative estimate of drug-likeness (QED) is 0.486. The van der Waals surface area contributed by atoms with Crippen LogP contribution in [0.1, 0.15) is 5.56 Å². The van der Waals surface area contributed by atoms with Crippen LogP contribution >= 0.6 is 12.6 Å². The first kappa shape index (κ1) is 14.9. The molecule has 0 saturated heterocycles. The van der Waals surface area contributed by atoms with Crippen molar-refractivity contribution in [2.45, 2.75) is 0 Å². The average Bonchev–Trinajstić information content (AvgIpc) is 2.30. The van der Waals surface area contributed by atoms with Crippen LogP contribution in [0.5, 0.6) is 11.5 Å². The highest BCUT2D eigenvalue weighted by Gasteiger charge is 2.15. The topological polar surface area (TPSA) is 98.1 Å². The summed E-state index contributed by atoms with van der Waals surface area (Å²) in [6, 6.07) is 3.88. The van der Waals surface area contributed by atoms with Crippen molar-refractivity contribution < 1.29 is 24.9 Å². The summed E-state index contributed by atoms with van der Waals surface area (Å²) < 4.78 is 0. The zero-order valence-electron chi connectivity index (χ0n) is 10.1. The number of phenolic OH excluding ortho intramolecular Hbond substituents is 2. The Morgan fingerprint density at radius 3 is 2.53 bits per heavy atom. The highest BCUT2D eigenvalue weighted by molar-refractivity contribution is 7.85. The molecule has 3 N–H and O–H groups in total. The van der Waals surface area contributed by atoms with Gasteiger partial charge in [-0.3, -0.25) is 9.59 Å². The molecule has 0 radical (unpaired) electrons. The lowest BCUT2D eigenvalue weighted by Crippen LogP contribution is -2.31. The molecular formula is C12H13NO5S. The Balaban J connectivity index is 2.92. The fourth-order valence-corrected chi connectivity index (χ4v) is 1.64. The van der Waals surface area contributed by atoms with Gasteiger partial charge in [-0.25, -0.2) is 0 Å². The van der Waals surface area contributed by atoms with Crippen molar-refractivity contribution in [1.82, 2.24) is 4.90 Å². The Morgan fingerprint density at radius 2 is 2.00 bits per heavy atom. The summed E-state index contributed by atoms with van der Waals surface area (Å²) in [5.41, 5.74) is 0.292. The number of aliphatic carboxylic acids is 1. The van der Waals surface area contributed by atoms with Crippen LogP contribution in [0.25, 0.3) is 6.08 Å². The maximum Gasteiger partial charge on any atom is 0.323 e. The molecule has 0 saturated carbocycles. The third kappa shape index (κ3) is 4.22. The normalized spacial score (nSPS) is 11.2. The lowest BCUT2D eigenvalue weighted by Gasteiger charge is -2.14. The number of hydrogen-bond acceptors (Lipinski definition) is 5. The Morgan fingerprint density at radius 1 is 1.37 bits per heavy atom. The molecule has 6 nitrogen and oxygen atoms in total. The van der Waals surface area contributed by atoms with E-state index in [-0.39, 0.29) is 16.4 Å². The summed E-state index contributed by atoms with van der Waals surface area (Å²) in [6.45, 7) is -0.446. The molecule has 0 aliphatic carbocycles. The summed E-state index contributed by atoms with van der Waals surface area (Å²) in [7, 11) is 1.33. The Kier molecular flexibility index (Phi) is 4.82. The summed E-state index contributed by atoms with van der Waals surface area (Å²) in [4.78, 5) is 23.2. The average molecular weight is 283 g/mol. The number of phenols is 2. The van der Waals surface area contributed by atoms with E-state index in [2.05, 4.69) is 12.6 Å². The zero-order valence-corrected chi connectivity index (χ0v) is 11.0. The monoisotopic (exact) mass is 283 g/mol. The third-order valence-electron chi connectivity index (χ3n) is 2.24. The molecule has 19 heavy (non-hydrogen) atoms. The molecule has 1 aromatic carbocycles. The highest BCUT2D eigenvalue weighted by Crippen LogP contribution is 2.25. The Labute approximate surface area is 115 Å². The third-order valence-corrected chi connectivity index (χ3v) is 2.56. The van der Waals surface area contributed by atoms with Crippen LogP contribution in [-0.2, 0) is 9.59 Å². The number of benzene rings is 1. The molecule has 0 unspecified atom stereocenters. The number of carbonyl (C=O) groups is 2. The van der Waals surface area contributed by atoms with Gasteiger partial charge < -0.3 is 20.2 Å². The van der Waals surface area contributed by atoms with Gasteiger partial charge in [0.15, 0.2) is 0 Å². The predicted octanol–water partition coefficient (Wildman–Crippen LogP) is 0.911. The number of likely N-dealkylation sites (N-methyl/N-ethyl adjacent to an activating group) is 1.